The summed E-state index contributed by atoms with van der Waals surface area (Å²) in [5.74, 6) is 9.83. The highest BCUT2D eigenvalue weighted by Gasteiger charge is 2.48. The second kappa shape index (κ2) is 12.8. The zero-order chi connectivity index (χ0) is 26.3. The van der Waals surface area contributed by atoms with E-state index in [0.29, 0.717) is 23.0 Å². The molecule has 190 valence electrons. The van der Waals surface area contributed by atoms with Crippen molar-refractivity contribution in [3.63, 3.8) is 0 Å². The van der Waals surface area contributed by atoms with E-state index in [1.165, 1.54) is 0 Å². The highest BCUT2D eigenvalue weighted by molar-refractivity contribution is 6.77. The molecule has 0 N–H and O–H groups in total. The van der Waals surface area contributed by atoms with Crippen LogP contribution in [0.15, 0.2) is 12.7 Å². The van der Waals surface area contributed by atoms with Gasteiger partial charge in [0.25, 0.3) is 0 Å². The average Bonchev–Trinajstić information content (AvgIpc) is 2.64. The van der Waals surface area contributed by atoms with Gasteiger partial charge in [0.15, 0.2) is 8.32 Å². The van der Waals surface area contributed by atoms with E-state index >= 15 is 0 Å². The lowest BCUT2D eigenvalue weighted by molar-refractivity contribution is 0.104. The predicted octanol–water partition coefficient (Wildman–Crippen LogP) is 8.96. The first-order valence-corrected chi connectivity index (χ1v) is 17.8. The van der Waals surface area contributed by atoms with E-state index in [9.17, 15) is 0 Å². The summed E-state index contributed by atoms with van der Waals surface area (Å²) in [6.07, 6.45) is 9.84. The molecule has 0 radical (unpaired) electrons. The van der Waals surface area contributed by atoms with Crippen LogP contribution in [0.5, 0.6) is 0 Å². The molecule has 0 aliphatic heterocycles. The molecule has 0 saturated carbocycles. The van der Waals surface area contributed by atoms with Crippen molar-refractivity contribution in [3.8, 4) is 24.2 Å². The number of terminal acetylenes is 1. The molecule has 0 rings (SSSR count). The van der Waals surface area contributed by atoms with Gasteiger partial charge in [0.05, 0.1) is 0 Å². The third-order valence-electron chi connectivity index (χ3n) is 7.60. The smallest absolute Gasteiger partial charge is 0.202 e. The number of allylic oxidation sites excluding steroid dienone is 1. The Morgan fingerprint density at radius 1 is 0.909 bits per heavy atom. The Labute approximate surface area is 210 Å². The Kier molecular flexibility index (Phi) is 12.5. The van der Waals surface area contributed by atoms with E-state index in [4.69, 9.17) is 15.3 Å². The van der Waals surface area contributed by atoms with Gasteiger partial charge in [-0.1, -0.05) is 94.1 Å². The fraction of sp³-hybridized carbons (Fsp3) is 0.793. The van der Waals surface area contributed by atoms with E-state index in [1.54, 1.807) is 0 Å². The van der Waals surface area contributed by atoms with Crippen LogP contribution in [0.25, 0.3) is 0 Å². The Morgan fingerprint density at radius 2 is 1.39 bits per heavy atom. The molecule has 33 heavy (non-hydrogen) atoms. The topological polar surface area (TPSA) is 18.5 Å². The van der Waals surface area contributed by atoms with Crippen molar-refractivity contribution < 1.29 is 8.85 Å². The van der Waals surface area contributed by atoms with Gasteiger partial charge < -0.3 is 8.85 Å². The quantitative estimate of drug-likeness (QED) is 0.154. The van der Waals surface area contributed by atoms with Crippen LogP contribution in [0.1, 0.15) is 95.4 Å². The molecule has 2 nitrogen and oxygen atoms in total. The summed E-state index contributed by atoms with van der Waals surface area (Å²) in [6.45, 7) is 33.7. The lowest BCUT2D eigenvalue weighted by Gasteiger charge is -2.46. The van der Waals surface area contributed by atoms with Crippen molar-refractivity contribution in [2.75, 3.05) is 0 Å². The Balaban J connectivity index is 5.78. The van der Waals surface area contributed by atoms with Crippen molar-refractivity contribution in [3.05, 3.63) is 12.7 Å². The zero-order valence-corrected chi connectivity index (χ0v) is 26.2. The van der Waals surface area contributed by atoms with Crippen LogP contribution in [0, 0.1) is 29.6 Å². The Morgan fingerprint density at radius 3 is 1.76 bits per heavy atom. The van der Waals surface area contributed by atoms with Crippen molar-refractivity contribution in [1.82, 2.24) is 0 Å². The van der Waals surface area contributed by atoms with Gasteiger partial charge in [0.2, 0.25) is 8.32 Å². The van der Waals surface area contributed by atoms with Gasteiger partial charge in [-0.05, 0) is 47.6 Å². The monoisotopic (exact) mass is 490 g/mol. The summed E-state index contributed by atoms with van der Waals surface area (Å²) in [5.41, 5.74) is 1.45. The van der Waals surface area contributed by atoms with Gasteiger partial charge in [-0.2, -0.15) is 0 Å². The van der Waals surface area contributed by atoms with Crippen LogP contribution in [0.4, 0.5) is 0 Å². The molecular weight excluding hydrogens is 436 g/mol. The molecule has 0 aliphatic rings. The molecule has 0 aromatic heterocycles. The summed E-state index contributed by atoms with van der Waals surface area (Å²) in [4.78, 5) is 0. The summed E-state index contributed by atoms with van der Waals surface area (Å²) < 4.78 is 13.6. The summed E-state index contributed by atoms with van der Waals surface area (Å²) >= 11 is 0. The van der Waals surface area contributed by atoms with Gasteiger partial charge in [0, 0.05) is 11.8 Å². The summed E-state index contributed by atoms with van der Waals surface area (Å²) in [7, 11) is -3.96. The molecule has 0 aliphatic carbocycles. The van der Waals surface area contributed by atoms with E-state index in [1.807, 2.05) is 6.08 Å². The molecule has 0 fully saturated rings. The van der Waals surface area contributed by atoms with Crippen molar-refractivity contribution in [2.24, 2.45) is 5.41 Å². The zero-order valence-electron chi connectivity index (χ0n) is 24.2. The van der Waals surface area contributed by atoms with Crippen molar-refractivity contribution in [2.45, 2.75) is 142 Å². The first kappa shape index (κ1) is 32.2. The summed E-state index contributed by atoms with van der Waals surface area (Å²) in [5, 5.41) is 0.139. The molecule has 1 unspecified atom stereocenters. The Bertz CT molecular complexity index is 687. The largest absolute Gasteiger partial charge is 0.403 e. The van der Waals surface area contributed by atoms with Gasteiger partial charge in [-0.25, -0.2) is 0 Å². The average molecular weight is 491 g/mol. The normalized spacial score (nSPS) is 15.2. The van der Waals surface area contributed by atoms with Gasteiger partial charge in [0.1, 0.15) is 12.2 Å². The van der Waals surface area contributed by atoms with Crippen molar-refractivity contribution >= 4 is 16.6 Å². The number of hydrogen-bond donors (Lipinski definition) is 0. The van der Waals surface area contributed by atoms with E-state index in [0.717, 1.165) is 12.8 Å². The maximum Gasteiger partial charge on any atom is 0.202 e. The second-order valence-corrected chi connectivity index (χ2v) is 22.9. The molecule has 0 spiro atoms. The van der Waals surface area contributed by atoms with Gasteiger partial charge >= 0.3 is 0 Å². The van der Waals surface area contributed by atoms with Gasteiger partial charge in [-0.3, -0.25) is 0 Å². The van der Waals surface area contributed by atoms with Crippen LogP contribution >= 0.6 is 0 Å². The minimum Gasteiger partial charge on any atom is -0.403 e. The first-order valence-electron chi connectivity index (χ1n) is 12.8. The van der Waals surface area contributed by atoms with Crippen LogP contribution in [0.3, 0.4) is 0 Å². The Hall–Kier alpha value is -0.786. The maximum absolute atomic E-state index is 7.15. The molecule has 4 heteroatoms. The maximum atomic E-state index is 7.15. The molecule has 0 amide bonds. The highest BCUT2D eigenvalue weighted by Crippen LogP contribution is 2.45. The lowest BCUT2D eigenvalue weighted by atomic mass is 9.83. The molecule has 0 saturated heterocycles. The van der Waals surface area contributed by atoms with Crippen LogP contribution in [-0.4, -0.2) is 28.8 Å². The van der Waals surface area contributed by atoms with Gasteiger partial charge in [-0.15, -0.1) is 18.9 Å². The number of hydrogen-bond acceptors (Lipinski definition) is 2. The highest BCUT2D eigenvalue weighted by atomic mass is 28.4. The van der Waals surface area contributed by atoms with E-state index in [2.05, 4.69) is 114 Å². The van der Waals surface area contributed by atoms with Crippen molar-refractivity contribution in [1.29, 1.82) is 0 Å². The SMILES string of the molecule is C#C[C@H](CCC#CC(O[Si](C(C)C)(C(C)C)C(C)C)C(C)(C)CC=C)O[Si](C)(C)C(C)(C)C. The second-order valence-electron chi connectivity index (χ2n) is 12.7. The van der Waals surface area contributed by atoms with Crippen LogP contribution < -0.4 is 0 Å². The predicted molar refractivity (Wildman–Crippen MR) is 152 cm³/mol. The van der Waals surface area contributed by atoms with Crippen LogP contribution in [-0.2, 0) is 8.85 Å². The molecule has 2 atom stereocenters. The van der Waals surface area contributed by atoms with Crippen LogP contribution in [0.2, 0.25) is 34.8 Å². The fourth-order valence-electron chi connectivity index (χ4n) is 4.55. The molecule has 0 heterocycles. The molecule has 0 aromatic carbocycles. The lowest BCUT2D eigenvalue weighted by Crippen LogP contribution is -2.52. The minimum absolute atomic E-state index is 0.102. The standard InChI is InChI=1S/C29H54O2Si2/c1-16-22-29(12,13)27(31-33(23(3)4,24(5)6)25(7)8)21-19-18-20-26(17-2)30-32(14,15)28(9,10)11/h2,16,23-27H,1,18,20,22H2,3-15H3/t26-,27?/m1/s1. The molecule has 0 bridgehead atoms. The van der Waals surface area contributed by atoms with E-state index in [-0.39, 0.29) is 22.7 Å². The molecule has 0 aromatic rings. The summed E-state index contributed by atoms with van der Waals surface area (Å²) in [6, 6.07) is 0. The third kappa shape index (κ3) is 8.74. The minimum atomic E-state index is -2.06. The fourth-order valence-corrected chi connectivity index (χ4v) is 11.4. The third-order valence-corrected chi connectivity index (χ3v) is 18.1. The number of rotatable bonds is 12. The first-order chi connectivity index (χ1) is 14.9. The van der Waals surface area contributed by atoms with E-state index < -0.39 is 16.6 Å². The molecular formula is C29H54O2Si2.